The monoisotopic (exact) mass is 280 g/mol. The number of hydrogen-bond donors (Lipinski definition) is 1. The van der Waals surface area contributed by atoms with Crippen molar-refractivity contribution in [3.63, 3.8) is 0 Å². The van der Waals surface area contributed by atoms with Crippen molar-refractivity contribution in [3.8, 4) is 5.75 Å². The van der Waals surface area contributed by atoms with Crippen LogP contribution in [0, 0.1) is 10.1 Å². The molecule has 110 valence electrons. The van der Waals surface area contributed by atoms with Crippen LogP contribution in [0.4, 0.5) is 11.4 Å². The second kappa shape index (κ2) is 7.09. The number of nitro benzene ring substituents is 1. The first-order chi connectivity index (χ1) is 9.72. The summed E-state index contributed by atoms with van der Waals surface area (Å²) in [6.45, 7) is 3.69. The van der Waals surface area contributed by atoms with Crippen LogP contribution in [0.1, 0.15) is 26.2 Å². The van der Waals surface area contributed by atoms with Crippen LogP contribution in [0.3, 0.4) is 0 Å². The van der Waals surface area contributed by atoms with Crippen molar-refractivity contribution in [2.75, 3.05) is 25.1 Å². The Kier molecular flexibility index (Phi) is 5.17. The van der Waals surface area contributed by atoms with E-state index in [1.54, 1.807) is 25.1 Å². The molecule has 1 atom stereocenters. The van der Waals surface area contributed by atoms with Gasteiger partial charge in [0.15, 0.2) is 5.75 Å². The number of ether oxygens (including phenoxy) is 2. The second-order valence-electron chi connectivity index (χ2n) is 4.69. The molecular weight excluding hydrogens is 260 g/mol. The van der Waals surface area contributed by atoms with Crippen LogP contribution in [0.15, 0.2) is 18.2 Å². The molecule has 0 aliphatic carbocycles. The molecule has 1 aliphatic heterocycles. The summed E-state index contributed by atoms with van der Waals surface area (Å²) >= 11 is 0. The van der Waals surface area contributed by atoms with Gasteiger partial charge in [-0.2, -0.15) is 0 Å². The van der Waals surface area contributed by atoms with Crippen LogP contribution in [-0.4, -0.2) is 30.8 Å². The summed E-state index contributed by atoms with van der Waals surface area (Å²) < 4.78 is 10.8. The maximum Gasteiger partial charge on any atom is 0.333 e. The highest BCUT2D eigenvalue weighted by Crippen LogP contribution is 2.34. The molecule has 1 fully saturated rings. The van der Waals surface area contributed by atoms with E-state index in [1.165, 1.54) is 0 Å². The molecule has 1 heterocycles. The van der Waals surface area contributed by atoms with Gasteiger partial charge in [-0.25, -0.2) is 0 Å². The standard InChI is InChI=1S/C14H20N2O4/c1-2-19-13-7-3-6-12(14(13)16(17)18)15-9-8-11-5-4-10-20-11/h3,6-7,11,15H,2,4-5,8-10H2,1H3. The van der Waals surface area contributed by atoms with Gasteiger partial charge < -0.3 is 14.8 Å². The van der Waals surface area contributed by atoms with E-state index in [2.05, 4.69) is 5.32 Å². The predicted molar refractivity (Wildman–Crippen MR) is 76.3 cm³/mol. The van der Waals surface area contributed by atoms with Crippen LogP contribution in [-0.2, 0) is 4.74 Å². The molecule has 0 radical (unpaired) electrons. The number of rotatable bonds is 7. The van der Waals surface area contributed by atoms with E-state index in [4.69, 9.17) is 9.47 Å². The molecular formula is C14H20N2O4. The van der Waals surface area contributed by atoms with E-state index in [9.17, 15) is 10.1 Å². The zero-order chi connectivity index (χ0) is 14.4. The summed E-state index contributed by atoms with van der Waals surface area (Å²) in [4.78, 5) is 10.8. The van der Waals surface area contributed by atoms with E-state index < -0.39 is 4.92 Å². The summed E-state index contributed by atoms with van der Waals surface area (Å²) in [7, 11) is 0. The van der Waals surface area contributed by atoms with Crippen LogP contribution < -0.4 is 10.1 Å². The number of benzene rings is 1. The van der Waals surface area contributed by atoms with Crippen LogP contribution >= 0.6 is 0 Å². The molecule has 0 amide bonds. The van der Waals surface area contributed by atoms with Crippen molar-refractivity contribution >= 4 is 11.4 Å². The topological polar surface area (TPSA) is 73.6 Å². The molecule has 1 aliphatic rings. The number of nitrogens with one attached hydrogen (secondary N) is 1. The normalized spacial score (nSPS) is 17.9. The fraction of sp³-hybridized carbons (Fsp3) is 0.571. The first-order valence-corrected chi connectivity index (χ1v) is 6.98. The lowest BCUT2D eigenvalue weighted by Gasteiger charge is -2.12. The van der Waals surface area contributed by atoms with Crippen molar-refractivity contribution in [3.05, 3.63) is 28.3 Å². The molecule has 0 bridgehead atoms. The maximum atomic E-state index is 11.2. The largest absolute Gasteiger partial charge is 0.487 e. The van der Waals surface area contributed by atoms with Gasteiger partial charge in [0.1, 0.15) is 5.69 Å². The highest BCUT2D eigenvalue weighted by molar-refractivity contribution is 5.68. The van der Waals surface area contributed by atoms with Gasteiger partial charge in [0.2, 0.25) is 0 Å². The maximum absolute atomic E-state index is 11.2. The van der Waals surface area contributed by atoms with Gasteiger partial charge in [-0.3, -0.25) is 10.1 Å². The van der Waals surface area contributed by atoms with Crippen molar-refractivity contribution in [2.24, 2.45) is 0 Å². The second-order valence-corrected chi connectivity index (χ2v) is 4.69. The average Bonchev–Trinajstić information content (AvgIpc) is 2.92. The summed E-state index contributed by atoms with van der Waals surface area (Å²) in [5, 5.41) is 14.3. The summed E-state index contributed by atoms with van der Waals surface area (Å²) in [6, 6.07) is 5.08. The Balaban J connectivity index is 2.01. The third-order valence-electron chi connectivity index (χ3n) is 3.29. The highest BCUT2D eigenvalue weighted by Gasteiger charge is 2.21. The zero-order valence-electron chi connectivity index (χ0n) is 11.6. The Morgan fingerprint density at radius 1 is 1.55 bits per heavy atom. The summed E-state index contributed by atoms with van der Waals surface area (Å²) in [6.07, 6.45) is 3.31. The molecule has 1 aromatic rings. The Morgan fingerprint density at radius 2 is 2.40 bits per heavy atom. The lowest BCUT2D eigenvalue weighted by Crippen LogP contribution is -2.13. The molecule has 1 aromatic carbocycles. The smallest absolute Gasteiger partial charge is 0.333 e. The fourth-order valence-corrected chi connectivity index (χ4v) is 2.37. The highest BCUT2D eigenvalue weighted by atomic mass is 16.6. The van der Waals surface area contributed by atoms with Crippen molar-refractivity contribution in [1.29, 1.82) is 0 Å². The van der Waals surface area contributed by atoms with Gasteiger partial charge in [0.05, 0.1) is 17.6 Å². The predicted octanol–water partition coefficient (Wildman–Crippen LogP) is 2.97. The van der Waals surface area contributed by atoms with E-state index >= 15 is 0 Å². The molecule has 6 nitrogen and oxygen atoms in total. The van der Waals surface area contributed by atoms with Crippen molar-refractivity contribution < 1.29 is 14.4 Å². The minimum Gasteiger partial charge on any atom is -0.487 e. The molecule has 0 saturated carbocycles. The molecule has 0 spiro atoms. The van der Waals surface area contributed by atoms with E-state index in [1.807, 2.05) is 0 Å². The van der Waals surface area contributed by atoms with Gasteiger partial charge >= 0.3 is 5.69 Å². The Labute approximate surface area is 118 Å². The molecule has 0 aromatic heterocycles. The number of hydrogen-bond acceptors (Lipinski definition) is 5. The van der Waals surface area contributed by atoms with E-state index in [0.29, 0.717) is 24.6 Å². The van der Waals surface area contributed by atoms with Gasteiger partial charge in [-0.15, -0.1) is 0 Å². The Hall–Kier alpha value is -1.82. The lowest BCUT2D eigenvalue weighted by molar-refractivity contribution is -0.384. The van der Waals surface area contributed by atoms with Crippen LogP contribution in [0.5, 0.6) is 5.75 Å². The molecule has 20 heavy (non-hydrogen) atoms. The number of nitro groups is 1. The number of para-hydroxylation sites is 1. The third kappa shape index (κ3) is 3.60. The third-order valence-corrected chi connectivity index (χ3v) is 3.29. The lowest BCUT2D eigenvalue weighted by atomic mass is 10.2. The van der Waals surface area contributed by atoms with E-state index in [-0.39, 0.29) is 11.8 Å². The molecule has 1 saturated heterocycles. The van der Waals surface area contributed by atoms with E-state index in [0.717, 1.165) is 25.9 Å². The fourth-order valence-electron chi connectivity index (χ4n) is 2.37. The van der Waals surface area contributed by atoms with Gasteiger partial charge in [-0.1, -0.05) is 6.07 Å². The molecule has 6 heteroatoms. The number of anilines is 1. The molecule has 1 N–H and O–H groups in total. The summed E-state index contributed by atoms with van der Waals surface area (Å²) in [5.41, 5.74) is 0.501. The zero-order valence-corrected chi connectivity index (χ0v) is 11.6. The molecule has 2 rings (SSSR count). The minimum atomic E-state index is -0.403. The van der Waals surface area contributed by atoms with Crippen molar-refractivity contribution in [1.82, 2.24) is 0 Å². The van der Waals surface area contributed by atoms with Gasteiger partial charge in [0.25, 0.3) is 0 Å². The average molecular weight is 280 g/mol. The van der Waals surface area contributed by atoms with Crippen LogP contribution in [0.25, 0.3) is 0 Å². The van der Waals surface area contributed by atoms with Gasteiger partial charge in [0, 0.05) is 13.2 Å². The quantitative estimate of drug-likeness (QED) is 0.614. The minimum absolute atomic E-state index is 0.00157. The SMILES string of the molecule is CCOc1cccc(NCCC2CCCO2)c1[N+](=O)[O-]. The number of nitrogens with zero attached hydrogens (tertiary/aromatic N) is 1. The Bertz CT molecular complexity index is 458. The van der Waals surface area contributed by atoms with Gasteiger partial charge in [-0.05, 0) is 38.3 Å². The first-order valence-electron chi connectivity index (χ1n) is 6.98. The first kappa shape index (κ1) is 14.6. The Morgan fingerprint density at radius 3 is 3.05 bits per heavy atom. The summed E-state index contributed by atoms with van der Waals surface area (Å²) in [5.74, 6) is 0.305. The molecule has 1 unspecified atom stereocenters. The van der Waals surface area contributed by atoms with Crippen LogP contribution in [0.2, 0.25) is 0 Å². The van der Waals surface area contributed by atoms with Crippen molar-refractivity contribution in [2.45, 2.75) is 32.3 Å².